The van der Waals surface area contributed by atoms with Crippen LogP contribution in [0.25, 0.3) is 10.9 Å². The molecule has 5 rings (SSSR count). The number of methoxy groups -OCH3 is 1. The normalized spacial score (nSPS) is 24.2. The van der Waals surface area contributed by atoms with Crippen molar-refractivity contribution in [1.82, 2.24) is 20.5 Å². The number of nitrogens with two attached hydrogens (primary N) is 1. The highest BCUT2D eigenvalue weighted by Crippen LogP contribution is 2.47. The van der Waals surface area contributed by atoms with Gasteiger partial charge in [0.25, 0.3) is 5.91 Å². The minimum absolute atomic E-state index is 0.116. The molecule has 1 aromatic carbocycles. The summed E-state index contributed by atoms with van der Waals surface area (Å²) in [4.78, 5) is 57.4. The summed E-state index contributed by atoms with van der Waals surface area (Å²) >= 11 is 6.23. The molecule has 0 unspecified atom stereocenters. The Morgan fingerprint density at radius 3 is 2.52 bits per heavy atom. The number of nitrogens with zero attached hydrogens (tertiary/aromatic N) is 1. The number of primary amides is 1. The molecule has 2 aliphatic heterocycles. The number of aromatic amines is 1. The van der Waals surface area contributed by atoms with Crippen LogP contribution in [0.2, 0.25) is 5.02 Å². The summed E-state index contributed by atoms with van der Waals surface area (Å²) < 4.78 is 5.45. The Morgan fingerprint density at radius 2 is 1.90 bits per heavy atom. The Bertz CT molecular complexity index is 1350. The molecular weight excluding hydrogens is 534 g/mol. The van der Waals surface area contributed by atoms with Crippen molar-refractivity contribution in [2.75, 3.05) is 13.7 Å². The minimum Gasteiger partial charge on any atom is -0.496 e. The van der Waals surface area contributed by atoms with Crippen LogP contribution in [-0.4, -0.2) is 64.8 Å². The second-order valence-electron chi connectivity index (χ2n) is 12.4. The summed E-state index contributed by atoms with van der Waals surface area (Å²) in [6, 6.07) is 3.35. The predicted molar refractivity (Wildman–Crippen MR) is 151 cm³/mol. The molecule has 0 radical (unpaired) electrons. The molecule has 4 amide bonds. The van der Waals surface area contributed by atoms with Gasteiger partial charge in [0.05, 0.1) is 12.6 Å². The molecule has 5 N–H and O–H groups in total. The van der Waals surface area contributed by atoms with Crippen LogP contribution in [0.3, 0.4) is 0 Å². The molecule has 1 spiro atoms. The lowest BCUT2D eigenvalue weighted by molar-refractivity contribution is -0.131. The summed E-state index contributed by atoms with van der Waals surface area (Å²) in [7, 11) is 1.54. The zero-order chi connectivity index (χ0) is 28.8. The lowest BCUT2D eigenvalue weighted by Gasteiger charge is -2.32. The smallest absolute Gasteiger partial charge is 0.271 e. The molecule has 3 atom stereocenters. The van der Waals surface area contributed by atoms with Gasteiger partial charge in [-0.25, -0.2) is 0 Å². The molecule has 2 saturated heterocycles. The Morgan fingerprint density at radius 1 is 1.18 bits per heavy atom. The average Bonchev–Trinajstić information content (AvgIpc) is 3.56. The van der Waals surface area contributed by atoms with Gasteiger partial charge in [0, 0.05) is 28.4 Å². The molecule has 3 aliphatic rings. The number of rotatable bonds is 7. The van der Waals surface area contributed by atoms with Gasteiger partial charge >= 0.3 is 0 Å². The summed E-state index contributed by atoms with van der Waals surface area (Å²) in [5, 5.41) is 6.92. The van der Waals surface area contributed by atoms with E-state index in [0.29, 0.717) is 41.4 Å². The molecule has 40 heavy (non-hydrogen) atoms. The number of fused-ring (bicyclic) bond motifs is 1. The maximum atomic E-state index is 14.0. The molecule has 0 bridgehead atoms. The van der Waals surface area contributed by atoms with Gasteiger partial charge in [-0.1, -0.05) is 30.9 Å². The third kappa shape index (κ3) is 5.50. The highest BCUT2D eigenvalue weighted by atomic mass is 35.5. The summed E-state index contributed by atoms with van der Waals surface area (Å²) in [6.07, 6.45) is 6.28. The quantitative estimate of drug-likeness (QED) is 0.403. The number of likely N-dealkylation sites (tertiary alicyclic amines) is 1. The number of hydrogen-bond acceptors (Lipinski definition) is 5. The van der Waals surface area contributed by atoms with Gasteiger partial charge in [-0.15, -0.1) is 0 Å². The van der Waals surface area contributed by atoms with Crippen molar-refractivity contribution < 1.29 is 23.9 Å². The molecule has 3 fully saturated rings. The largest absolute Gasteiger partial charge is 0.496 e. The third-order valence-electron chi connectivity index (χ3n) is 8.87. The molecule has 1 aliphatic carbocycles. The highest BCUT2D eigenvalue weighted by molar-refractivity contribution is 6.31. The summed E-state index contributed by atoms with van der Waals surface area (Å²) in [6.45, 7) is 4.29. The number of halogens is 1. The van der Waals surface area contributed by atoms with Crippen molar-refractivity contribution in [1.29, 1.82) is 0 Å². The van der Waals surface area contributed by atoms with E-state index < -0.39 is 29.8 Å². The first kappa shape index (κ1) is 28.3. The van der Waals surface area contributed by atoms with Gasteiger partial charge in [0.1, 0.15) is 23.5 Å². The van der Waals surface area contributed by atoms with Crippen molar-refractivity contribution in [2.45, 2.75) is 82.8 Å². The third-order valence-corrected chi connectivity index (χ3v) is 9.09. The van der Waals surface area contributed by atoms with E-state index in [1.807, 2.05) is 13.8 Å². The van der Waals surface area contributed by atoms with Crippen LogP contribution in [0.1, 0.15) is 75.7 Å². The molecule has 1 aromatic heterocycles. The van der Waals surface area contributed by atoms with Gasteiger partial charge in [-0.2, -0.15) is 0 Å². The average molecular weight is 572 g/mol. The van der Waals surface area contributed by atoms with E-state index >= 15 is 0 Å². The van der Waals surface area contributed by atoms with Crippen molar-refractivity contribution in [3.8, 4) is 5.75 Å². The van der Waals surface area contributed by atoms with Crippen molar-refractivity contribution in [2.24, 2.45) is 17.1 Å². The van der Waals surface area contributed by atoms with Crippen LogP contribution in [0.15, 0.2) is 18.2 Å². The summed E-state index contributed by atoms with van der Waals surface area (Å²) in [5.74, 6) is -1.47. The minimum atomic E-state index is -1.02. The maximum Gasteiger partial charge on any atom is 0.271 e. The number of aromatic nitrogens is 1. The van der Waals surface area contributed by atoms with Gasteiger partial charge in [0.15, 0.2) is 0 Å². The number of amides is 4. The first-order valence-corrected chi connectivity index (χ1v) is 14.4. The van der Waals surface area contributed by atoms with E-state index in [9.17, 15) is 19.2 Å². The SMILES string of the molecule is COc1cc(Cl)cc2[nH]c(C(=O)N3CC4(CCCCC4)C[C@H]3C(=O)N[C@@H](C[C@@H]3CC(C)(C)NC3=O)C(N)=O)cc12. The molecule has 1 saturated carbocycles. The predicted octanol–water partition coefficient (Wildman–Crippen LogP) is 3.27. The van der Waals surface area contributed by atoms with E-state index in [1.165, 1.54) is 0 Å². The number of hydrogen-bond donors (Lipinski definition) is 4. The van der Waals surface area contributed by atoms with Crippen LogP contribution in [-0.2, 0) is 14.4 Å². The molecule has 3 heterocycles. The Labute approximate surface area is 238 Å². The lowest BCUT2D eigenvalue weighted by atomic mass is 9.72. The highest BCUT2D eigenvalue weighted by Gasteiger charge is 2.50. The number of H-pyrrole nitrogens is 1. The van der Waals surface area contributed by atoms with Crippen molar-refractivity contribution in [3.05, 3.63) is 28.9 Å². The van der Waals surface area contributed by atoms with Gasteiger partial charge in [-0.05, 0) is 69.6 Å². The van der Waals surface area contributed by atoms with Crippen LogP contribution in [0.5, 0.6) is 5.75 Å². The van der Waals surface area contributed by atoms with Gasteiger partial charge < -0.3 is 31.0 Å². The van der Waals surface area contributed by atoms with E-state index in [1.54, 1.807) is 30.2 Å². The monoisotopic (exact) mass is 571 g/mol. The zero-order valence-electron chi connectivity index (χ0n) is 23.3. The number of benzene rings is 1. The second-order valence-corrected chi connectivity index (χ2v) is 12.9. The van der Waals surface area contributed by atoms with E-state index in [0.717, 1.165) is 37.5 Å². The zero-order valence-corrected chi connectivity index (χ0v) is 24.0. The molecule has 216 valence electrons. The number of ether oxygens (including phenoxy) is 1. The van der Waals surface area contributed by atoms with Crippen LogP contribution in [0.4, 0.5) is 0 Å². The Balaban J connectivity index is 1.40. The Kier molecular flexibility index (Phi) is 7.50. The number of carbonyl (C=O) groups excluding carboxylic acids is 4. The molecule has 2 aromatic rings. The fourth-order valence-electron chi connectivity index (χ4n) is 6.96. The van der Waals surface area contributed by atoms with E-state index in [2.05, 4.69) is 15.6 Å². The first-order valence-electron chi connectivity index (χ1n) is 14.0. The van der Waals surface area contributed by atoms with Gasteiger partial charge in [0.2, 0.25) is 17.7 Å². The maximum absolute atomic E-state index is 14.0. The number of carbonyl (C=O) groups is 4. The van der Waals surface area contributed by atoms with Crippen molar-refractivity contribution in [3.63, 3.8) is 0 Å². The lowest BCUT2D eigenvalue weighted by Crippen LogP contribution is -2.53. The second kappa shape index (κ2) is 10.6. The van der Waals surface area contributed by atoms with Crippen LogP contribution < -0.4 is 21.1 Å². The van der Waals surface area contributed by atoms with E-state index in [-0.39, 0.29) is 29.2 Å². The molecule has 10 nitrogen and oxygen atoms in total. The van der Waals surface area contributed by atoms with Crippen molar-refractivity contribution >= 4 is 46.1 Å². The van der Waals surface area contributed by atoms with Gasteiger partial charge in [-0.3, -0.25) is 19.2 Å². The molecular formula is C29H38ClN5O5. The summed E-state index contributed by atoms with van der Waals surface area (Å²) in [5.41, 5.74) is 6.14. The molecule has 11 heteroatoms. The van der Waals surface area contributed by atoms with Crippen LogP contribution >= 0.6 is 11.6 Å². The van der Waals surface area contributed by atoms with E-state index in [4.69, 9.17) is 22.1 Å². The number of nitrogens with one attached hydrogen (secondary N) is 3. The standard InChI is InChI=1S/C29H38ClN5O5/c1-28(2)13-16(25(37)34-28)9-20(24(31)36)33-26(38)22-14-29(7-5-4-6-8-29)15-35(22)27(39)21-12-18-19(32-21)10-17(30)11-23(18)40-3/h10-12,16,20,22,32H,4-9,13-15H2,1-3H3,(H2,31,36)(H,33,38)(H,34,37)/t16-,20+,22+/m1/s1. The fourth-order valence-corrected chi connectivity index (χ4v) is 7.17. The fraction of sp³-hybridized carbons (Fsp3) is 0.586. The first-order chi connectivity index (χ1) is 18.9. The topological polar surface area (TPSA) is 147 Å². The van der Waals surface area contributed by atoms with Crippen LogP contribution in [0, 0.1) is 11.3 Å². The Hall–Kier alpha value is -3.27.